The fourth-order valence-corrected chi connectivity index (χ4v) is 4.55. The summed E-state index contributed by atoms with van der Waals surface area (Å²) in [6.07, 6.45) is 8.11. The van der Waals surface area contributed by atoms with Crippen molar-refractivity contribution in [3.05, 3.63) is 54.1 Å². The van der Waals surface area contributed by atoms with Gasteiger partial charge in [-0.1, -0.05) is 6.07 Å². The van der Waals surface area contributed by atoms with Gasteiger partial charge in [-0.05, 0) is 62.0 Å². The van der Waals surface area contributed by atoms with Crippen molar-refractivity contribution in [1.82, 2.24) is 19.4 Å². The Morgan fingerprint density at radius 3 is 2.62 bits per heavy atom. The van der Waals surface area contributed by atoms with Crippen molar-refractivity contribution in [1.29, 1.82) is 0 Å². The van der Waals surface area contributed by atoms with E-state index in [0.717, 1.165) is 13.1 Å². The van der Waals surface area contributed by atoms with Crippen LogP contribution < -0.4 is 0 Å². The average Bonchev–Trinajstić information content (AvgIpc) is 3.16. The fraction of sp³-hybridized carbons (Fsp3) is 0.550. The monoisotopic (exact) mass is 324 g/mol. The average molecular weight is 324 g/mol. The predicted molar refractivity (Wildman–Crippen MR) is 96.5 cm³/mol. The van der Waals surface area contributed by atoms with Crippen LogP contribution in [0, 0.1) is 5.41 Å². The Hall–Kier alpha value is -1.65. The molecule has 4 rings (SSSR count). The number of rotatable bonds is 4. The van der Waals surface area contributed by atoms with E-state index >= 15 is 0 Å². The summed E-state index contributed by atoms with van der Waals surface area (Å²) in [5.74, 6) is 0. The Kier molecular flexibility index (Phi) is 4.42. The topological polar surface area (TPSA) is 24.3 Å². The van der Waals surface area contributed by atoms with Crippen molar-refractivity contribution in [2.75, 3.05) is 26.2 Å². The van der Waals surface area contributed by atoms with Crippen molar-refractivity contribution in [2.45, 2.75) is 32.4 Å². The minimum Gasteiger partial charge on any atom is -0.353 e. The van der Waals surface area contributed by atoms with Crippen LogP contribution in [0.1, 0.15) is 30.7 Å². The predicted octanol–water partition coefficient (Wildman–Crippen LogP) is 2.91. The summed E-state index contributed by atoms with van der Waals surface area (Å²) >= 11 is 0. The summed E-state index contributed by atoms with van der Waals surface area (Å²) in [7, 11) is 2.15. The molecule has 128 valence electrons. The van der Waals surface area contributed by atoms with Crippen LogP contribution in [0.15, 0.2) is 42.7 Å². The van der Waals surface area contributed by atoms with Crippen LogP contribution in [-0.2, 0) is 20.1 Å². The van der Waals surface area contributed by atoms with Gasteiger partial charge in [0.15, 0.2) is 0 Å². The lowest BCUT2D eigenvalue weighted by atomic mass is 9.79. The number of aromatic nitrogens is 2. The number of hydrogen-bond donors (Lipinski definition) is 0. The maximum atomic E-state index is 4.51. The minimum absolute atomic E-state index is 0.498. The van der Waals surface area contributed by atoms with Crippen LogP contribution in [0.4, 0.5) is 0 Å². The van der Waals surface area contributed by atoms with E-state index < -0.39 is 0 Å². The number of aryl methyl sites for hydroxylation is 1. The first-order valence-corrected chi connectivity index (χ1v) is 9.17. The van der Waals surface area contributed by atoms with Crippen molar-refractivity contribution in [3.8, 4) is 0 Å². The molecular formula is C20H28N4. The highest BCUT2D eigenvalue weighted by Gasteiger charge is 2.41. The van der Waals surface area contributed by atoms with Gasteiger partial charge in [0.05, 0.1) is 5.69 Å². The Morgan fingerprint density at radius 2 is 1.88 bits per heavy atom. The van der Waals surface area contributed by atoms with Crippen molar-refractivity contribution in [2.24, 2.45) is 12.5 Å². The van der Waals surface area contributed by atoms with Crippen LogP contribution >= 0.6 is 0 Å². The number of nitrogens with zero attached hydrogens (tertiary/aromatic N) is 4. The third-order valence-corrected chi connectivity index (χ3v) is 5.81. The molecule has 2 aromatic rings. The molecule has 2 fully saturated rings. The molecule has 24 heavy (non-hydrogen) atoms. The highest BCUT2D eigenvalue weighted by Crippen LogP contribution is 2.39. The number of likely N-dealkylation sites (tertiary alicyclic amines) is 2. The second kappa shape index (κ2) is 6.69. The molecule has 0 saturated carbocycles. The molecule has 2 aliphatic rings. The van der Waals surface area contributed by atoms with Crippen LogP contribution in [0.25, 0.3) is 0 Å². The lowest BCUT2D eigenvalue weighted by molar-refractivity contribution is 0.0855. The van der Waals surface area contributed by atoms with Crippen molar-refractivity contribution >= 4 is 0 Å². The molecule has 2 saturated heterocycles. The summed E-state index contributed by atoms with van der Waals surface area (Å²) in [5, 5.41) is 0. The van der Waals surface area contributed by atoms with Gasteiger partial charge in [0.2, 0.25) is 0 Å². The van der Waals surface area contributed by atoms with Gasteiger partial charge in [0.1, 0.15) is 0 Å². The molecule has 4 nitrogen and oxygen atoms in total. The lowest BCUT2D eigenvalue weighted by Crippen LogP contribution is -2.44. The Labute approximate surface area is 145 Å². The van der Waals surface area contributed by atoms with Crippen molar-refractivity contribution in [3.63, 3.8) is 0 Å². The molecule has 2 aromatic heterocycles. The fourth-order valence-electron chi connectivity index (χ4n) is 4.55. The van der Waals surface area contributed by atoms with E-state index in [1.54, 1.807) is 0 Å². The minimum atomic E-state index is 0.498. The summed E-state index contributed by atoms with van der Waals surface area (Å²) in [5.41, 5.74) is 3.12. The van der Waals surface area contributed by atoms with E-state index in [-0.39, 0.29) is 0 Å². The molecule has 1 atom stereocenters. The summed E-state index contributed by atoms with van der Waals surface area (Å²) in [6.45, 7) is 7.02. The molecular weight excluding hydrogens is 296 g/mol. The van der Waals surface area contributed by atoms with Gasteiger partial charge in [-0.3, -0.25) is 14.8 Å². The van der Waals surface area contributed by atoms with E-state index in [1.165, 1.54) is 56.8 Å². The van der Waals surface area contributed by atoms with Crippen LogP contribution in [-0.4, -0.2) is 45.5 Å². The smallest absolute Gasteiger partial charge is 0.0543 e. The van der Waals surface area contributed by atoms with Gasteiger partial charge in [0.25, 0.3) is 0 Å². The van der Waals surface area contributed by atoms with E-state index in [9.17, 15) is 0 Å². The Bertz CT molecular complexity index is 665. The molecule has 0 radical (unpaired) electrons. The largest absolute Gasteiger partial charge is 0.353 e. The maximum absolute atomic E-state index is 4.51. The van der Waals surface area contributed by atoms with Gasteiger partial charge in [-0.15, -0.1) is 0 Å². The van der Waals surface area contributed by atoms with Gasteiger partial charge in [-0.25, -0.2) is 0 Å². The molecule has 0 aromatic carbocycles. The summed E-state index contributed by atoms with van der Waals surface area (Å²) in [6, 6.07) is 10.6. The number of piperidine rings is 1. The zero-order valence-electron chi connectivity index (χ0n) is 14.7. The zero-order valence-corrected chi connectivity index (χ0v) is 14.7. The van der Waals surface area contributed by atoms with E-state index in [2.05, 4.69) is 56.9 Å². The molecule has 4 heteroatoms. The third kappa shape index (κ3) is 3.40. The first-order chi connectivity index (χ1) is 11.7. The molecule has 0 amide bonds. The molecule has 0 unspecified atom stereocenters. The Morgan fingerprint density at radius 1 is 1.00 bits per heavy atom. The first-order valence-electron chi connectivity index (χ1n) is 9.17. The van der Waals surface area contributed by atoms with Gasteiger partial charge in [0, 0.05) is 51.3 Å². The van der Waals surface area contributed by atoms with Crippen LogP contribution in [0.2, 0.25) is 0 Å². The second-order valence-corrected chi connectivity index (χ2v) is 7.71. The van der Waals surface area contributed by atoms with Gasteiger partial charge in [-0.2, -0.15) is 0 Å². The molecule has 4 heterocycles. The quantitative estimate of drug-likeness (QED) is 0.864. The molecule has 2 aliphatic heterocycles. The highest BCUT2D eigenvalue weighted by molar-refractivity contribution is 5.08. The maximum Gasteiger partial charge on any atom is 0.0543 e. The zero-order chi connectivity index (χ0) is 16.4. The van der Waals surface area contributed by atoms with Crippen molar-refractivity contribution < 1.29 is 0 Å². The van der Waals surface area contributed by atoms with Gasteiger partial charge < -0.3 is 4.57 Å². The highest BCUT2D eigenvalue weighted by atomic mass is 15.2. The van der Waals surface area contributed by atoms with E-state index in [1.807, 2.05) is 12.3 Å². The number of pyridine rings is 1. The van der Waals surface area contributed by atoms with E-state index in [4.69, 9.17) is 0 Å². The lowest BCUT2D eigenvalue weighted by Gasteiger charge is -2.40. The summed E-state index contributed by atoms with van der Waals surface area (Å²) in [4.78, 5) is 9.78. The van der Waals surface area contributed by atoms with Crippen LogP contribution in [0.5, 0.6) is 0 Å². The van der Waals surface area contributed by atoms with Gasteiger partial charge >= 0.3 is 0 Å². The summed E-state index contributed by atoms with van der Waals surface area (Å²) < 4.78 is 2.25. The normalized spacial score (nSPS) is 25.5. The number of hydrogen-bond acceptors (Lipinski definition) is 3. The molecule has 0 aliphatic carbocycles. The van der Waals surface area contributed by atoms with E-state index in [0.29, 0.717) is 5.41 Å². The Balaban J connectivity index is 1.38. The SMILES string of the molecule is Cn1cccc1CN1CC[C@]2(CCCN(Cc3ccccn3)C2)C1. The molecule has 0 N–H and O–H groups in total. The van der Waals surface area contributed by atoms with Crippen LogP contribution in [0.3, 0.4) is 0 Å². The second-order valence-electron chi connectivity index (χ2n) is 7.71. The standard InChI is InChI=1S/C20H28N4/c1-22-11-4-7-19(22)15-24-13-9-20(17-24)8-5-12-23(16-20)14-18-6-2-3-10-21-18/h2-4,6-7,10-11H,5,8-9,12-17H2,1H3/t20-/m0/s1. The third-order valence-electron chi connectivity index (χ3n) is 5.81. The molecule has 0 bridgehead atoms. The first kappa shape index (κ1) is 15.9. The molecule has 1 spiro atoms.